The molecule has 2 aromatic rings. The van der Waals surface area contributed by atoms with Crippen molar-refractivity contribution in [3.05, 3.63) is 53.6 Å². The standard InChI is InChI=1S/C39H54N4O14/c1-29(44)41-30-5-7-31(8-6-30)57-28-27-56-26-25-55-24-23-54-22-21-53-20-19-52-18-17-51-16-15-50-14-13-49-12-11-40-33-4-2-3-32-36(33)39(48)43(38(32)47)34-9-10-35(45)42-37(34)46/h2-8,34,40H,9-28H2,1H3,(H,41,44)(H,42,45,46). The summed E-state index contributed by atoms with van der Waals surface area (Å²) in [4.78, 5) is 61.9. The Balaban J connectivity index is 0.849. The molecular formula is C39H54N4O14. The third kappa shape index (κ3) is 16.5. The molecule has 5 amide bonds. The molecule has 0 aromatic heterocycles. The van der Waals surface area contributed by atoms with Crippen LogP contribution in [0.2, 0.25) is 0 Å². The van der Waals surface area contributed by atoms with Gasteiger partial charge in [0, 0.05) is 31.3 Å². The number of amides is 5. The second kappa shape index (κ2) is 26.4. The Morgan fingerprint density at radius 3 is 1.63 bits per heavy atom. The van der Waals surface area contributed by atoms with Gasteiger partial charge < -0.3 is 53.3 Å². The van der Waals surface area contributed by atoms with Crippen molar-refractivity contribution in [2.75, 3.05) is 129 Å². The first kappa shape index (κ1) is 45.2. The summed E-state index contributed by atoms with van der Waals surface area (Å²) in [5.41, 5.74) is 1.62. The molecule has 18 heteroatoms. The van der Waals surface area contributed by atoms with Gasteiger partial charge in [-0.2, -0.15) is 0 Å². The Kier molecular flexibility index (Phi) is 20.9. The molecule has 2 aliphatic heterocycles. The van der Waals surface area contributed by atoms with Crippen LogP contribution < -0.4 is 20.7 Å². The second-order valence-electron chi connectivity index (χ2n) is 12.6. The lowest BCUT2D eigenvalue weighted by molar-refractivity contribution is -0.136. The van der Waals surface area contributed by atoms with Gasteiger partial charge in [-0.25, -0.2) is 0 Å². The van der Waals surface area contributed by atoms with Crippen LogP contribution in [0.15, 0.2) is 42.5 Å². The number of hydrogen-bond donors (Lipinski definition) is 3. The van der Waals surface area contributed by atoms with E-state index in [2.05, 4.69) is 16.0 Å². The smallest absolute Gasteiger partial charge is 0.264 e. The number of benzene rings is 2. The van der Waals surface area contributed by atoms with Gasteiger partial charge in [-0.15, -0.1) is 0 Å². The molecule has 3 N–H and O–H groups in total. The molecule has 18 nitrogen and oxygen atoms in total. The summed E-state index contributed by atoms with van der Waals surface area (Å²) in [5, 5.41) is 8.03. The molecule has 0 bridgehead atoms. The minimum atomic E-state index is -1.01. The lowest BCUT2D eigenvalue weighted by atomic mass is 10.0. The fraction of sp³-hybridized carbons (Fsp3) is 0.564. The predicted octanol–water partition coefficient (Wildman–Crippen LogP) is 1.67. The Morgan fingerprint density at radius 1 is 0.649 bits per heavy atom. The molecule has 2 heterocycles. The normalized spacial score (nSPS) is 15.2. The number of fused-ring (bicyclic) bond motifs is 1. The van der Waals surface area contributed by atoms with Gasteiger partial charge in [0.05, 0.1) is 117 Å². The molecule has 1 unspecified atom stereocenters. The molecule has 1 saturated heterocycles. The zero-order chi connectivity index (χ0) is 40.5. The molecule has 1 fully saturated rings. The monoisotopic (exact) mass is 802 g/mol. The number of nitrogens with one attached hydrogen (secondary N) is 3. The lowest BCUT2D eigenvalue weighted by Crippen LogP contribution is -2.54. The quantitative estimate of drug-likeness (QED) is 0.0732. The van der Waals surface area contributed by atoms with E-state index in [4.69, 9.17) is 42.6 Å². The number of carbonyl (C=O) groups is 5. The number of ether oxygens (including phenoxy) is 9. The van der Waals surface area contributed by atoms with Gasteiger partial charge in [-0.3, -0.25) is 34.2 Å². The maximum absolute atomic E-state index is 13.2. The first-order chi connectivity index (χ1) is 27.8. The van der Waals surface area contributed by atoms with Crippen LogP contribution in [0.5, 0.6) is 5.75 Å². The maximum Gasteiger partial charge on any atom is 0.264 e. The van der Waals surface area contributed by atoms with Gasteiger partial charge in [-0.05, 0) is 42.8 Å². The van der Waals surface area contributed by atoms with Crippen LogP contribution in [0.4, 0.5) is 11.4 Å². The summed E-state index contributed by atoms with van der Waals surface area (Å²) < 4.78 is 49.7. The second-order valence-corrected chi connectivity index (χ2v) is 12.6. The molecule has 0 aliphatic carbocycles. The highest BCUT2D eigenvalue weighted by Crippen LogP contribution is 2.32. The lowest BCUT2D eigenvalue weighted by Gasteiger charge is -2.27. The molecular weight excluding hydrogens is 748 g/mol. The van der Waals surface area contributed by atoms with Crippen molar-refractivity contribution >= 4 is 40.9 Å². The summed E-state index contributed by atoms with van der Waals surface area (Å²) >= 11 is 0. The predicted molar refractivity (Wildman–Crippen MR) is 204 cm³/mol. The number of rotatable bonds is 31. The van der Waals surface area contributed by atoms with Crippen LogP contribution in [-0.2, 0) is 52.3 Å². The van der Waals surface area contributed by atoms with E-state index in [0.717, 1.165) is 10.6 Å². The third-order valence-electron chi connectivity index (χ3n) is 8.31. The number of nitrogens with zero attached hydrogens (tertiary/aromatic N) is 1. The van der Waals surface area contributed by atoms with Crippen LogP contribution in [0.3, 0.4) is 0 Å². The first-order valence-corrected chi connectivity index (χ1v) is 19.1. The summed E-state index contributed by atoms with van der Waals surface area (Å²) in [5.74, 6) is -1.60. The van der Waals surface area contributed by atoms with E-state index in [9.17, 15) is 24.0 Å². The van der Waals surface area contributed by atoms with Crippen molar-refractivity contribution in [2.45, 2.75) is 25.8 Å². The van der Waals surface area contributed by atoms with Crippen LogP contribution >= 0.6 is 0 Å². The fourth-order valence-corrected chi connectivity index (χ4v) is 5.62. The molecule has 57 heavy (non-hydrogen) atoms. The largest absolute Gasteiger partial charge is 0.491 e. The fourth-order valence-electron chi connectivity index (χ4n) is 5.62. The van der Waals surface area contributed by atoms with E-state index in [1.807, 2.05) is 0 Å². The first-order valence-electron chi connectivity index (χ1n) is 19.1. The van der Waals surface area contributed by atoms with E-state index in [1.165, 1.54) is 6.92 Å². The Morgan fingerprint density at radius 2 is 1.14 bits per heavy atom. The highest BCUT2D eigenvalue weighted by molar-refractivity contribution is 6.25. The van der Waals surface area contributed by atoms with Gasteiger partial charge in [0.1, 0.15) is 18.4 Å². The number of piperidine rings is 1. The van der Waals surface area contributed by atoms with Crippen LogP contribution in [0.25, 0.3) is 0 Å². The highest BCUT2D eigenvalue weighted by Gasteiger charge is 2.45. The van der Waals surface area contributed by atoms with Gasteiger partial charge in [0.2, 0.25) is 17.7 Å². The van der Waals surface area contributed by atoms with E-state index in [0.29, 0.717) is 130 Å². The summed E-state index contributed by atoms with van der Waals surface area (Å²) in [7, 11) is 0. The highest BCUT2D eigenvalue weighted by atomic mass is 16.6. The minimum Gasteiger partial charge on any atom is -0.491 e. The SMILES string of the molecule is CC(=O)Nc1ccc(OCCOCCOCCOCCOCCOCCOCCOCCOCCNc2cccc3c2C(=O)N(C2CCC(=O)NC2=O)C3=O)cc1. The molecule has 314 valence electrons. The van der Waals surface area contributed by atoms with Crippen LogP contribution in [0, 0.1) is 0 Å². The molecule has 4 rings (SSSR count). The van der Waals surface area contributed by atoms with Gasteiger partial charge in [0.15, 0.2) is 0 Å². The van der Waals surface area contributed by atoms with Crippen molar-refractivity contribution in [1.82, 2.24) is 10.2 Å². The summed E-state index contributed by atoms with van der Waals surface area (Å²) in [6.45, 7) is 9.17. The molecule has 0 saturated carbocycles. The van der Waals surface area contributed by atoms with Gasteiger partial charge in [-0.1, -0.05) is 6.07 Å². The Labute approximate surface area is 332 Å². The van der Waals surface area contributed by atoms with Crippen molar-refractivity contribution in [1.29, 1.82) is 0 Å². The van der Waals surface area contributed by atoms with Gasteiger partial charge >= 0.3 is 0 Å². The zero-order valence-electron chi connectivity index (χ0n) is 32.4. The van der Waals surface area contributed by atoms with Crippen molar-refractivity contribution < 1.29 is 66.6 Å². The summed E-state index contributed by atoms with van der Waals surface area (Å²) in [6, 6.07) is 11.0. The number of hydrogen-bond acceptors (Lipinski definition) is 15. The van der Waals surface area contributed by atoms with Gasteiger partial charge in [0.25, 0.3) is 11.8 Å². The number of imide groups is 2. The maximum atomic E-state index is 13.2. The molecule has 0 spiro atoms. The average Bonchev–Trinajstić information content (AvgIpc) is 3.45. The number of anilines is 2. The third-order valence-corrected chi connectivity index (χ3v) is 8.31. The van der Waals surface area contributed by atoms with E-state index in [1.54, 1.807) is 42.5 Å². The number of carbonyl (C=O) groups excluding carboxylic acids is 5. The molecule has 2 aliphatic rings. The molecule has 0 radical (unpaired) electrons. The average molecular weight is 803 g/mol. The van der Waals surface area contributed by atoms with Crippen molar-refractivity contribution in [3.8, 4) is 5.75 Å². The van der Waals surface area contributed by atoms with Crippen LogP contribution in [0.1, 0.15) is 40.5 Å². The van der Waals surface area contributed by atoms with E-state index in [-0.39, 0.29) is 29.9 Å². The zero-order valence-corrected chi connectivity index (χ0v) is 32.4. The summed E-state index contributed by atoms with van der Waals surface area (Å²) in [6.07, 6.45) is 0.163. The molecule has 2 aromatic carbocycles. The minimum absolute atomic E-state index is 0.0628. The van der Waals surface area contributed by atoms with Crippen LogP contribution in [-0.4, -0.2) is 159 Å². The topological polar surface area (TPSA) is 208 Å². The van der Waals surface area contributed by atoms with E-state index < -0.39 is 29.7 Å². The molecule has 1 atom stereocenters. The van der Waals surface area contributed by atoms with Crippen molar-refractivity contribution in [3.63, 3.8) is 0 Å². The Hall–Kier alpha value is -4.53. The van der Waals surface area contributed by atoms with Crippen molar-refractivity contribution in [2.24, 2.45) is 0 Å². The van der Waals surface area contributed by atoms with E-state index >= 15 is 0 Å². The Bertz CT molecular complexity index is 1560.